The maximum Gasteiger partial charge on any atom is 0.329 e. The molecule has 0 radical (unpaired) electrons. The average molecular weight is 555 g/mol. The Labute approximate surface area is 256 Å². The summed E-state index contributed by atoms with van der Waals surface area (Å²) in [7, 11) is 0. The lowest BCUT2D eigenvalue weighted by atomic mass is 9.43. The Morgan fingerprint density at radius 3 is 1.57 bits per heavy atom. The molecule has 0 atom stereocenters. The molecule has 8 aromatic carbocycles. The predicted octanol–water partition coefficient (Wildman–Crippen LogP) is 9.72. The Hall–Kier alpha value is -5.60. The van der Waals surface area contributed by atoms with Gasteiger partial charge >= 0.3 is 6.85 Å². The molecule has 0 amide bonds. The van der Waals surface area contributed by atoms with Crippen LogP contribution >= 0.6 is 0 Å². The average Bonchev–Trinajstić information content (AvgIpc) is 3.11. The van der Waals surface area contributed by atoms with Crippen LogP contribution in [-0.4, -0.2) is 6.85 Å². The van der Waals surface area contributed by atoms with E-state index in [2.05, 4.69) is 163 Å². The van der Waals surface area contributed by atoms with E-state index in [0.717, 1.165) is 0 Å². The van der Waals surface area contributed by atoms with Gasteiger partial charge in [-0.15, -0.1) is 0 Å². The SMILES string of the molecule is c1ccc2c(c1)B1c3cccc(-c4ccc5c6ccccc6c6ccccc6c5c4)c3-c3ccccc3N1c1ccccc1-2. The summed E-state index contributed by atoms with van der Waals surface area (Å²) in [5.74, 6) is 0. The van der Waals surface area contributed by atoms with Gasteiger partial charge in [-0.3, -0.25) is 0 Å². The molecule has 44 heavy (non-hydrogen) atoms. The molecule has 0 unspecified atom stereocenters. The van der Waals surface area contributed by atoms with Gasteiger partial charge in [0.05, 0.1) is 0 Å². The van der Waals surface area contributed by atoms with Crippen molar-refractivity contribution in [1.82, 2.24) is 0 Å². The third-order valence-electron chi connectivity index (χ3n) is 9.85. The molecule has 0 aliphatic carbocycles. The van der Waals surface area contributed by atoms with E-state index in [-0.39, 0.29) is 6.85 Å². The zero-order chi connectivity index (χ0) is 28.8. The van der Waals surface area contributed by atoms with Gasteiger partial charge in [-0.25, -0.2) is 0 Å². The van der Waals surface area contributed by atoms with Crippen LogP contribution in [-0.2, 0) is 0 Å². The molecule has 8 aromatic rings. The van der Waals surface area contributed by atoms with E-state index in [1.807, 2.05) is 0 Å². The summed E-state index contributed by atoms with van der Waals surface area (Å²) in [4.78, 5) is 2.57. The molecule has 0 aromatic heterocycles. The number of hydrogen-bond donors (Lipinski definition) is 0. The molecule has 2 aliphatic rings. The topological polar surface area (TPSA) is 3.24 Å². The van der Waals surface area contributed by atoms with Gasteiger partial charge in [0.2, 0.25) is 0 Å². The van der Waals surface area contributed by atoms with E-state index in [0.29, 0.717) is 0 Å². The molecule has 2 heterocycles. The highest BCUT2D eigenvalue weighted by Crippen LogP contribution is 2.48. The van der Waals surface area contributed by atoms with Crippen molar-refractivity contribution in [2.75, 3.05) is 4.81 Å². The zero-order valence-electron chi connectivity index (χ0n) is 24.0. The molecule has 0 spiro atoms. The summed E-state index contributed by atoms with van der Waals surface area (Å²) in [5, 5.41) is 7.83. The first-order chi connectivity index (χ1) is 21.9. The summed E-state index contributed by atoms with van der Waals surface area (Å²) in [5.41, 5.74) is 13.0. The smallest absolute Gasteiger partial charge is 0.329 e. The highest BCUT2D eigenvalue weighted by Gasteiger charge is 2.42. The monoisotopic (exact) mass is 555 g/mol. The van der Waals surface area contributed by atoms with Crippen LogP contribution in [0.5, 0.6) is 0 Å². The van der Waals surface area contributed by atoms with E-state index in [9.17, 15) is 0 Å². The molecule has 0 saturated heterocycles. The van der Waals surface area contributed by atoms with Crippen LogP contribution in [0.15, 0.2) is 158 Å². The summed E-state index contributed by atoms with van der Waals surface area (Å²) >= 11 is 0. The molecule has 10 rings (SSSR count). The minimum atomic E-state index is 0.0937. The summed E-state index contributed by atoms with van der Waals surface area (Å²) in [6, 6.07) is 58.5. The van der Waals surface area contributed by atoms with Crippen LogP contribution in [0.2, 0.25) is 0 Å². The van der Waals surface area contributed by atoms with Crippen LogP contribution in [0.3, 0.4) is 0 Å². The Bertz CT molecular complexity index is 2440. The Morgan fingerprint density at radius 2 is 0.841 bits per heavy atom. The van der Waals surface area contributed by atoms with Crippen LogP contribution in [0.4, 0.5) is 11.4 Å². The molecule has 2 aliphatic heterocycles. The third kappa shape index (κ3) is 3.15. The maximum atomic E-state index is 2.57. The summed E-state index contributed by atoms with van der Waals surface area (Å²) < 4.78 is 0. The summed E-state index contributed by atoms with van der Waals surface area (Å²) in [6.45, 7) is 0.0937. The predicted molar refractivity (Wildman–Crippen MR) is 189 cm³/mol. The van der Waals surface area contributed by atoms with E-state index < -0.39 is 0 Å². The Morgan fingerprint density at radius 1 is 0.341 bits per heavy atom. The van der Waals surface area contributed by atoms with Gasteiger partial charge in [0, 0.05) is 22.5 Å². The zero-order valence-corrected chi connectivity index (χ0v) is 24.0. The molecule has 0 N–H and O–H groups in total. The van der Waals surface area contributed by atoms with Crippen molar-refractivity contribution in [2.24, 2.45) is 0 Å². The first kappa shape index (κ1) is 23.9. The highest BCUT2D eigenvalue weighted by molar-refractivity contribution is 6.92. The number of hydrogen-bond acceptors (Lipinski definition) is 1. The molecular formula is C42H26BN. The second kappa shape index (κ2) is 8.95. The van der Waals surface area contributed by atoms with Crippen LogP contribution < -0.4 is 15.7 Å². The minimum absolute atomic E-state index is 0.0937. The molecule has 2 heteroatoms. The molecule has 202 valence electrons. The van der Waals surface area contributed by atoms with Crippen molar-refractivity contribution in [3.63, 3.8) is 0 Å². The van der Waals surface area contributed by atoms with Gasteiger partial charge in [-0.05, 0) is 83.7 Å². The fourth-order valence-electron chi connectivity index (χ4n) is 8.06. The number of fused-ring (bicyclic) bond motifs is 17. The fourth-order valence-corrected chi connectivity index (χ4v) is 8.06. The van der Waals surface area contributed by atoms with E-state index >= 15 is 0 Å². The van der Waals surface area contributed by atoms with Gasteiger partial charge < -0.3 is 4.81 Å². The van der Waals surface area contributed by atoms with E-state index in [1.54, 1.807) is 0 Å². The lowest BCUT2D eigenvalue weighted by Crippen LogP contribution is -2.59. The number of rotatable bonds is 1. The first-order valence-electron chi connectivity index (χ1n) is 15.4. The van der Waals surface area contributed by atoms with Gasteiger partial charge in [0.1, 0.15) is 0 Å². The molecular weight excluding hydrogens is 529 g/mol. The second-order valence-corrected chi connectivity index (χ2v) is 12.0. The fraction of sp³-hybridized carbons (Fsp3) is 0. The number of nitrogens with zero attached hydrogens (tertiary/aromatic N) is 1. The Kier molecular flexibility index (Phi) is 4.87. The standard InChI is InChI=1S/C42H26BN/c1-2-14-31-29(12-1)30-13-3-4-15-32(30)37-26-27(24-25-33(31)37)28-19-11-21-39-42(28)36-18-7-10-23-41(36)44-40-22-9-6-17-35(40)34-16-5-8-20-38(34)43(39)44/h1-26H. The molecule has 0 saturated carbocycles. The maximum absolute atomic E-state index is 2.57. The van der Waals surface area contributed by atoms with Crippen LogP contribution in [0.25, 0.3) is 65.7 Å². The number of anilines is 2. The van der Waals surface area contributed by atoms with Gasteiger partial charge in [-0.1, -0.05) is 140 Å². The third-order valence-corrected chi connectivity index (χ3v) is 9.85. The Balaban J connectivity index is 1.28. The van der Waals surface area contributed by atoms with Crippen molar-refractivity contribution in [3.05, 3.63) is 158 Å². The molecule has 0 bridgehead atoms. The van der Waals surface area contributed by atoms with Gasteiger partial charge in [0.15, 0.2) is 0 Å². The van der Waals surface area contributed by atoms with E-state index in [1.165, 1.54) is 88.0 Å². The van der Waals surface area contributed by atoms with Gasteiger partial charge in [-0.2, -0.15) is 0 Å². The van der Waals surface area contributed by atoms with Crippen molar-refractivity contribution < 1.29 is 0 Å². The van der Waals surface area contributed by atoms with E-state index in [4.69, 9.17) is 0 Å². The normalized spacial score (nSPS) is 12.9. The quantitative estimate of drug-likeness (QED) is 0.144. The van der Waals surface area contributed by atoms with Crippen molar-refractivity contribution in [3.8, 4) is 33.4 Å². The lowest BCUT2D eigenvalue weighted by Gasteiger charge is -2.43. The van der Waals surface area contributed by atoms with Crippen LogP contribution in [0.1, 0.15) is 0 Å². The first-order valence-corrected chi connectivity index (χ1v) is 15.4. The number of benzene rings is 8. The largest absolute Gasteiger partial charge is 0.376 e. The molecule has 0 fully saturated rings. The molecule has 1 nitrogen and oxygen atoms in total. The van der Waals surface area contributed by atoms with Crippen molar-refractivity contribution in [1.29, 1.82) is 0 Å². The summed E-state index contributed by atoms with van der Waals surface area (Å²) in [6.07, 6.45) is 0. The highest BCUT2D eigenvalue weighted by atomic mass is 15.1. The lowest BCUT2D eigenvalue weighted by molar-refractivity contribution is 1.35. The second-order valence-electron chi connectivity index (χ2n) is 12.0. The van der Waals surface area contributed by atoms with Crippen LogP contribution in [0, 0.1) is 0 Å². The number of para-hydroxylation sites is 2. The van der Waals surface area contributed by atoms with Crippen molar-refractivity contribution in [2.45, 2.75) is 0 Å². The minimum Gasteiger partial charge on any atom is -0.376 e. The van der Waals surface area contributed by atoms with Gasteiger partial charge in [0.25, 0.3) is 0 Å². The van der Waals surface area contributed by atoms with Crippen molar-refractivity contribution >= 4 is 61.5 Å².